The van der Waals surface area contributed by atoms with Crippen molar-refractivity contribution in [1.29, 1.82) is 0 Å². The van der Waals surface area contributed by atoms with Crippen molar-refractivity contribution < 1.29 is 9.59 Å². The molecule has 0 atom stereocenters. The highest BCUT2D eigenvalue weighted by molar-refractivity contribution is 9.10. The summed E-state index contributed by atoms with van der Waals surface area (Å²) in [5, 5.41) is 3.02. The third-order valence-electron chi connectivity index (χ3n) is 5.08. The van der Waals surface area contributed by atoms with Gasteiger partial charge in [-0.15, -0.1) is 0 Å². The van der Waals surface area contributed by atoms with Gasteiger partial charge in [0.15, 0.2) is 0 Å². The maximum absolute atomic E-state index is 12.4. The van der Waals surface area contributed by atoms with Gasteiger partial charge in [0.05, 0.1) is 0 Å². The summed E-state index contributed by atoms with van der Waals surface area (Å²) in [5.41, 5.74) is 2.84. The average Bonchev–Trinajstić information content (AvgIpc) is 2.72. The lowest BCUT2D eigenvalue weighted by Gasteiger charge is -2.31. The lowest BCUT2D eigenvalue weighted by Crippen LogP contribution is -2.40. The van der Waals surface area contributed by atoms with Crippen LogP contribution in [0.15, 0.2) is 59.1 Å². The fourth-order valence-corrected chi connectivity index (χ4v) is 3.51. The fourth-order valence-electron chi connectivity index (χ4n) is 3.25. The van der Waals surface area contributed by atoms with Gasteiger partial charge in [0.2, 0.25) is 5.91 Å². The molecule has 1 fully saturated rings. The van der Waals surface area contributed by atoms with E-state index in [1.54, 1.807) is 6.08 Å². The molecule has 1 saturated heterocycles. The van der Waals surface area contributed by atoms with Crippen molar-refractivity contribution in [3.63, 3.8) is 0 Å². The number of nitrogens with zero attached hydrogens (tertiary/aromatic N) is 1. The second-order valence-electron chi connectivity index (χ2n) is 7.23. The second-order valence-corrected chi connectivity index (χ2v) is 8.15. The predicted octanol–water partition coefficient (Wildman–Crippen LogP) is 4.44. The number of amides is 2. The van der Waals surface area contributed by atoms with Crippen LogP contribution in [0.4, 0.5) is 0 Å². The molecule has 1 aliphatic heterocycles. The smallest absolute Gasteiger partial charge is 0.251 e. The molecular weight excluding hydrogens is 416 g/mol. The Kier molecular flexibility index (Phi) is 7.04. The van der Waals surface area contributed by atoms with Gasteiger partial charge in [0.25, 0.3) is 5.91 Å². The van der Waals surface area contributed by atoms with Crippen molar-refractivity contribution in [3.8, 4) is 0 Å². The topological polar surface area (TPSA) is 49.4 Å². The van der Waals surface area contributed by atoms with Gasteiger partial charge in [0.1, 0.15) is 0 Å². The number of likely N-dealkylation sites (tertiary alicyclic amines) is 1. The van der Waals surface area contributed by atoms with Gasteiger partial charge in [0, 0.05) is 35.7 Å². The van der Waals surface area contributed by atoms with Crippen LogP contribution in [0.5, 0.6) is 0 Å². The first kappa shape index (κ1) is 20.3. The van der Waals surface area contributed by atoms with Crippen LogP contribution >= 0.6 is 15.9 Å². The number of halogens is 1. The van der Waals surface area contributed by atoms with Crippen molar-refractivity contribution in [2.45, 2.75) is 19.8 Å². The molecule has 0 saturated carbocycles. The quantitative estimate of drug-likeness (QED) is 0.698. The maximum Gasteiger partial charge on any atom is 0.251 e. The Bertz CT molecular complexity index is 836. The van der Waals surface area contributed by atoms with Crippen molar-refractivity contribution >= 4 is 33.8 Å². The lowest BCUT2D eigenvalue weighted by molar-refractivity contribution is -0.127. The third-order valence-corrected chi connectivity index (χ3v) is 5.61. The Labute approximate surface area is 174 Å². The van der Waals surface area contributed by atoms with Gasteiger partial charge >= 0.3 is 0 Å². The standard InChI is InChI=1S/C23H25BrN2O2/c1-17-2-7-20(8-3-17)23(28)25-16-19-12-14-26(15-13-19)22(27)11-6-18-4-9-21(24)10-5-18/h2-11,19H,12-16H2,1H3,(H,25,28)/b11-6+. The number of carbonyl (C=O) groups is 2. The number of hydrogen-bond donors (Lipinski definition) is 1. The summed E-state index contributed by atoms with van der Waals surface area (Å²) in [6.45, 7) is 4.12. The molecule has 5 heteroatoms. The molecule has 1 aliphatic rings. The molecule has 0 aromatic heterocycles. The van der Waals surface area contributed by atoms with Crippen LogP contribution in [0, 0.1) is 12.8 Å². The molecule has 0 radical (unpaired) electrons. The molecule has 3 rings (SSSR count). The molecule has 1 heterocycles. The monoisotopic (exact) mass is 440 g/mol. The summed E-state index contributed by atoms with van der Waals surface area (Å²) in [4.78, 5) is 26.5. The minimum atomic E-state index is -0.0315. The highest BCUT2D eigenvalue weighted by Gasteiger charge is 2.22. The number of nitrogens with one attached hydrogen (secondary N) is 1. The number of hydrogen-bond acceptors (Lipinski definition) is 2. The van der Waals surface area contributed by atoms with E-state index in [9.17, 15) is 9.59 Å². The zero-order valence-electron chi connectivity index (χ0n) is 16.0. The largest absolute Gasteiger partial charge is 0.352 e. The van der Waals surface area contributed by atoms with Crippen molar-refractivity contribution in [2.24, 2.45) is 5.92 Å². The van der Waals surface area contributed by atoms with Crippen LogP contribution in [0.2, 0.25) is 0 Å². The molecule has 1 N–H and O–H groups in total. The van der Waals surface area contributed by atoms with Crippen molar-refractivity contribution in [3.05, 3.63) is 75.8 Å². The fraction of sp³-hybridized carbons (Fsp3) is 0.304. The molecule has 0 unspecified atom stereocenters. The Hall–Kier alpha value is -2.40. The van der Waals surface area contributed by atoms with E-state index >= 15 is 0 Å². The first-order valence-electron chi connectivity index (χ1n) is 9.59. The normalized spacial score (nSPS) is 15.0. The van der Waals surface area contributed by atoms with E-state index in [-0.39, 0.29) is 11.8 Å². The van der Waals surface area contributed by atoms with Crippen LogP contribution in [0.1, 0.15) is 34.3 Å². The Morgan fingerprint density at radius 1 is 1.07 bits per heavy atom. The van der Waals surface area contributed by atoms with E-state index in [1.807, 2.05) is 66.4 Å². The predicted molar refractivity (Wildman–Crippen MR) is 116 cm³/mol. The molecule has 2 aromatic carbocycles. The van der Waals surface area contributed by atoms with Gasteiger partial charge in [-0.3, -0.25) is 9.59 Å². The van der Waals surface area contributed by atoms with Gasteiger partial charge in [-0.25, -0.2) is 0 Å². The molecule has 4 nitrogen and oxygen atoms in total. The van der Waals surface area contributed by atoms with Crippen LogP contribution in [-0.4, -0.2) is 36.3 Å². The number of aryl methyl sites for hydroxylation is 1. The summed E-state index contributed by atoms with van der Waals surface area (Å²) in [7, 11) is 0. The maximum atomic E-state index is 12.4. The molecule has 0 aliphatic carbocycles. The molecule has 146 valence electrons. The zero-order valence-corrected chi connectivity index (χ0v) is 17.6. The molecule has 2 amide bonds. The van der Waals surface area contributed by atoms with Crippen LogP contribution in [0.3, 0.4) is 0 Å². The number of piperidine rings is 1. The lowest BCUT2D eigenvalue weighted by atomic mass is 9.96. The minimum absolute atomic E-state index is 0.0315. The Morgan fingerprint density at radius 2 is 1.71 bits per heavy atom. The molecule has 0 spiro atoms. The highest BCUT2D eigenvalue weighted by Crippen LogP contribution is 2.18. The number of carbonyl (C=O) groups excluding carboxylic acids is 2. The summed E-state index contributed by atoms with van der Waals surface area (Å²) >= 11 is 3.41. The van der Waals surface area contributed by atoms with E-state index in [1.165, 1.54) is 0 Å². The van der Waals surface area contributed by atoms with Crippen LogP contribution < -0.4 is 5.32 Å². The van der Waals surface area contributed by atoms with Crippen LogP contribution in [-0.2, 0) is 4.79 Å². The number of rotatable bonds is 5. The van der Waals surface area contributed by atoms with E-state index in [0.29, 0.717) is 18.0 Å². The second kappa shape index (κ2) is 9.69. The molecule has 28 heavy (non-hydrogen) atoms. The van der Waals surface area contributed by atoms with Crippen molar-refractivity contribution in [2.75, 3.05) is 19.6 Å². The van der Waals surface area contributed by atoms with E-state index in [0.717, 1.165) is 41.5 Å². The highest BCUT2D eigenvalue weighted by atomic mass is 79.9. The molecular formula is C23H25BrN2O2. The average molecular weight is 441 g/mol. The summed E-state index contributed by atoms with van der Waals surface area (Å²) in [5.74, 6) is 0.426. The molecule has 2 aromatic rings. The van der Waals surface area contributed by atoms with E-state index < -0.39 is 0 Å². The Morgan fingerprint density at radius 3 is 2.36 bits per heavy atom. The van der Waals surface area contributed by atoms with Crippen molar-refractivity contribution in [1.82, 2.24) is 10.2 Å². The zero-order chi connectivity index (χ0) is 19.9. The van der Waals surface area contributed by atoms with Gasteiger partial charge < -0.3 is 10.2 Å². The van der Waals surface area contributed by atoms with E-state index in [4.69, 9.17) is 0 Å². The molecule has 0 bridgehead atoms. The van der Waals surface area contributed by atoms with Gasteiger partial charge in [-0.2, -0.15) is 0 Å². The van der Waals surface area contributed by atoms with E-state index in [2.05, 4.69) is 21.2 Å². The SMILES string of the molecule is Cc1ccc(C(=O)NCC2CCN(C(=O)/C=C/c3ccc(Br)cc3)CC2)cc1. The van der Waals surface area contributed by atoms with Crippen LogP contribution in [0.25, 0.3) is 6.08 Å². The van der Waals surface area contributed by atoms with Gasteiger partial charge in [-0.05, 0) is 61.6 Å². The minimum Gasteiger partial charge on any atom is -0.352 e. The summed E-state index contributed by atoms with van der Waals surface area (Å²) in [6, 6.07) is 15.4. The first-order chi connectivity index (χ1) is 13.5. The summed E-state index contributed by atoms with van der Waals surface area (Å²) in [6.07, 6.45) is 5.31. The Balaban J connectivity index is 1.42. The summed E-state index contributed by atoms with van der Waals surface area (Å²) < 4.78 is 1.02. The number of benzene rings is 2. The first-order valence-corrected chi connectivity index (χ1v) is 10.4. The third kappa shape index (κ3) is 5.80. The van der Waals surface area contributed by atoms with Gasteiger partial charge in [-0.1, -0.05) is 45.8 Å².